The summed E-state index contributed by atoms with van der Waals surface area (Å²) < 4.78 is 19.5. The number of hydrogen-bond acceptors (Lipinski definition) is 4. The van der Waals surface area contributed by atoms with Crippen LogP contribution in [0.25, 0.3) is 0 Å². The van der Waals surface area contributed by atoms with Gasteiger partial charge >= 0.3 is 0 Å². The molecule has 0 fully saturated rings. The van der Waals surface area contributed by atoms with Crippen LogP contribution in [0, 0.1) is 5.82 Å². The molecule has 1 aromatic carbocycles. The molecule has 0 aliphatic carbocycles. The zero-order valence-corrected chi connectivity index (χ0v) is 12.1. The molecule has 1 amide bonds. The quantitative estimate of drug-likeness (QED) is 0.509. The molecule has 1 heterocycles. The van der Waals surface area contributed by atoms with E-state index >= 15 is 0 Å². The monoisotopic (exact) mass is 344 g/mol. The second-order valence-electron chi connectivity index (χ2n) is 3.60. The Hall–Kier alpha value is -1.44. The first kappa shape index (κ1) is 14.0. The molecule has 0 saturated heterocycles. The van der Waals surface area contributed by atoms with Gasteiger partial charge in [0.2, 0.25) is 0 Å². The van der Waals surface area contributed by atoms with Crippen molar-refractivity contribution in [2.24, 2.45) is 5.84 Å². The Labute approximate surface area is 121 Å². The van der Waals surface area contributed by atoms with Crippen molar-refractivity contribution in [2.45, 2.75) is 6.61 Å². The molecule has 0 atom stereocenters. The number of nitrogen functional groups attached to an aromatic ring is 1. The molecule has 3 N–H and O–H groups in total. The first-order valence-corrected chi connectivity index (χ1v) is 6.88. The van der Waals surface area contributed by atoms with Gasteiger partial charge in [-0.15, -0.1) is 11.3 Å². The number of nitrogens with one attached hydrogen (secondary N) is 1. The summed E-state index contributed by atoms with van der Waals surface area (Å²) in [5, 5.41) is 0. The molecule has 4 nitrogen and oxygen atoms in total. The van der Waals surface area contributed by atoms with Crippen molar-refractivity contribution in [1.82, 2.24) is 5.43 Å². The third kappa shape index (κ3) is 3.52. The fourth-order valence-corrected chi connectivity index (χ4v) is 2.55. The van der Waals surface area contributed by atoms with Gasteiger partial charge in [-0.3, -0.25) is 10.2 Å². The largest absolute Gasteiger partial charge is 0.485 e. The van der Waals surface area contributed by atoms with Gasteiger partial charge in [-0.2, -0.15) is 0 Å². The highest BCUT2D eigenvalue weighted by Crippen LogP contribution is 2.24. The number of nitrogens with two attached hydrogens (primary N) is 1. The van der Waals surface area contributed by atoms with Crippen molar-refractivity contribution in [3.05, 3.63) is 50.4 Å². The number of halogens is 2. The van der Waals surface area contributed by atoms with Gasteiger partial charge < -0.3 is 4.74 Å². The van der Waals surface area contributed by atoms with Crippen LogP contribution in [0.15, 0.2) is 34.8 Å². The summed E-state index contributed by atoms with van der Waals surface area (Å²) in [7, 11) is 0. The third-order valence-electron chi connectivity index (χ3n) is 2.28. The summed E-state index contributed by atoms with van der Waals surface area (Å²) in [6, 6.07) is 7.85. The minimum atomic E-state index is -0.431. The van der Waals surface area contributed by atoms with Crippen LogP contribution < -0.4 is 16.0 Å². The molecule has 0 aliphatic rings. The lowest BCUT2D eigenvalue weighted by atomic mass is 10.3. The number of amides is 1. The molecule has 0 saturated carbocycles. The van der Waals surface area contributed by atoms with E-state index in [0.29, 0.717) is 4.88 Å². The SMILES string of the molecule is NNC(=O)c1ccc(COc2cc(Br)ccc2F)s1. The summed E-state index contributed by atoms with van der Waals surface area (Å²) in [5.74, 6) is 4.41. The Bertz CT molecular complexity index is 603. The van der Waals surface area contributed by atoms with Crippen LogP contribution in [0.1, 0.15) is 14.5 Å². The molecule has 2 aromatic rings. The van der Waals surface area contributed by atoms with Crippen LogP contribution in [0.2, 0.25) is 0 Å². The fraction of sp³-hybridized carbons (Fsp3) is 0.0833. The number of rotatable bonds is 4. The first-order chi connectivity index (χ1) is 9.10. The lowest BCUT2D eigenvalue weighted by Crippen LogP contribution is -2.29. The second-order valence-corrected chi connectivity index (χ2v) is 5.69. The summed E-state index contributed by atoms with van der Waals surface area (Å²) in [6.07, 6.45) is 0. The molecule has 1 aromatic heterocycles. The minimum Gasteiger partial charge on any atom is -0.485 e. The van der Waals surface area contributed by atoms with Crippen LogP contribution in [0.3, 0.4) is 0 Å². The smallest absolute Gasteiger partial charge is 0.275 e. The van der Waals surface area contributed by atoms with Gasteiger partial charge in [0.1, 0.15) is 6.61 Å². The average Bonchev–Trinajstić information content (AvgIpc) is 2.88. The molecule has 2 rings (SSSR count). The van der Waals surface area contributed by atoms with E-state index in [4.69, 9.17) is 10.6 Å². The minimum absolute atomic E-state index is 0.160. The van der Waals surface area contributed by atoms with E-state index in [-0.39, 0.29) is 18.3 Å². The van der Waals surface area contributed by atoms with Crippen LogP contribution in [-0.4, -0.2) is 5.91 Å². The maximum absolute atomic E-state index is 13.4. The van der Waals surface area contributed by atoms with E-state index in [1.165, 1.54) is 17.4 Å². The zero-order chi connectivity index (χ0) is 13.8. The predicted molar refractivity (Wildman–Crippen MR) is 74.4 cm³/mol. The molecule has 0 spiro atoms. The van der Waals surface area contributed by atoms with E-state index in [9.17, 15) is 9.18 Å². The lowest BCUT2D eigenvalue weighted by Gasteiger charge is -2.06. The van der Waals surface area contributed by atoms with Gasteiger partial charge in [0.15, 0.2) is 11.6 Å². The molecule has 0 unspecified atom stereocenters. The normalized spacial score (nSPS) is 10.3. The number of hydrogen-bond donors (Lipinski definition) is 2. The van der Waals surface area contributed by atoms with Crippen LogP contribution >= 0.6 is 27.3 Å². The third-order valence-corrected chi connectivity index (χ3v) is 3.83. The zero-order valence-electron chi connectivity index (χ0n) is 9.65. The van der Waals surface area contributed by atoms with Crippen LogP contribution in [0.4, 0.5) is 4.39 Å². The molecule has 7 heteroatoms. The highest BCUT2D eigenvalue weighted by molar-refractivity contribution is 9.10. The van der Waals surface area contributed by atoms with Crippen molar-refractivity contribution in [2.75, 3.05) is 0 Å². The average molecular weight is 345 g/mol. The maximum Gasteiger partial charge on any atom is 0.275 e. The van der Waals surface area contributed by atoms with Gasteiger partial charge in [-0.1, -0.05) is 15.9 Å². The highest BCUT2D eigenvalue weighted by Gasteiger charge is 2.09. The topological polar surface area (TPSA) is 64.3 Å². The highest BCUT2D eigenvalue weighted by atomic mass is 79.9. The second kappa shape index (κ2) is 6.14. The molecular weight excluding hydrogens is 335 g/mol. The Kier molecular flexibility index (Phi) is 4.52. The molecular formula is C12H10BrFN2O2S. The lowest BCUT2D eigenvalue weighted by molar-refractivity contribution is 0.0957. The van der Waals surface area contributed by atoms with Crippen LogP contribution in [0.5, 0.6) is 5.75 Å². The Morgan fingerprint density at radius 3 is 2.95 bits per heavy atom. The van der Waals surface area contributed by atoms with E-state index in [1.54, 1.807) is 24.3 Å². The van der Waals surface area contributed by atoms with Gasteiger partial charge in [0, 0.05) is 9.35 Å². The fourth-order valence-electron chi connectivity index (χ4n) is 1.39. The van der Waals surface area contributed by atoms with Gasteiger partial charge in [0.25, 0.3) is 5.91 Å². The van der Waals surface area contributed by atoms with Crippen molar-refractivity contribution in [3.63, 3.8) is 0 Å². The van der Waals surface area contributed by atoms with Crippen molar-refractivity contribution in [3.8, 4) is 5.75 Å². The number of thiophene rings is 1. The van der Waals surface area contributed by atoms with Gasteiger partial charge in [-0.05, 0) is 30.3 Å². The van der Waals surface area contributed by atoms with E-state index in [2.05, 4.69) is 15.9 Å². The van der Waals surface area contributed by atoms with E-state index in [0.717, 1.165) is 9.35 Å². The van der Waals surface area contributed by atoms with Crippen molar-refractivity contribution in [1.29, 1.82) is 0 Å². The number of benzene rings is 1. The first-order valence-electron chi connectivity index (χ1n) is 5.27. The predicted octanol–water partition coefficient (Wildman–Crippen LogP) is 2.83. The van der Waals surface area contributed by atoms with Crippen molar-refractivity contribution < 1.29 is 13.9 Å². The van der Waals surface area contributed by atoms with E-state index in [1.807, 2.05) is 5.43 Å². The number of ether oxygens (including phenoxy) is 1. The number of carbonyl (C=O) groups excluding carboxylic acids is 1. The van der Waals surface area contributed by atoms with Crippen molar-refractivity contribution >= 4 is 33.2 Å². The summed E-state index contributed by atoms with van der Waals surface area (Å²) >= 11 is 4.49. The van der Waals surface area contributed by atoms with Crippen LogP contribution in [-0.2, 0) is 6.61 Å². The standard InChI is InChI=1S/C12H10BrFN2O2S/c13-7-1-3-9(14)10(5-7)18-6-8-2-4-11(19-8)12(17)16-15/h1-5H,6,15H2,(H,16,17). The number of hydrazine groups is 1. The summed E-state index contributed by atoms with van der Waals surface area (Å²) in [6.45, 7) is 0.190. The molecule has 0 radical (unpaired) electrons. The van der Waals surface area contributed by atoms with Gasteiger partial charge in [0.05, 0.1) is 4.88 Å². The van der Waals surface area contributed by atoms with E-state index < -0.39 is 5.82 Å². The molecule has 0 aliphatic heterocycles. The Morgan fingerprint density at radius 2 is 2.21 bits per heavy atom. The molecule has 0 bridgehead atoms. The number of carbonyl (C=O) groups is 1. The summed E-state index contributed by atoms with van der Waals surface area (Å²) in [5.41, 5.74) is 2.05. The molecule has 19 heavy (non-hydrogen) atoms. The Balaban J connectivity index is 2.04. The maximum atomic E-state index is 13.4. The van der Waals surface area contributed by atoms with Gasteiger partial charge in [-0.25, -0.2) is 10.2 Å². The summed E-state index contributed by atoms with van der Waals surface area (Å²) in [4.78, 5) is 12.6. The molecule has 100 valence electrons. The Morgan fingerprint density at radius 1 is 1.42 bits per heavy atom.